The molecule has 5 heteroatoms. The Kier molecular flexibility index (Phi) is 4.36. The fraction of sp³-hybridized carbons (Fsp3) is 0.867. The van der Waals surface area contributed by atoms with Crippen LogP contribution in [-0.4, -0.2) is 41.2 Å². The van der Waals surface area contributed by atoms with Crippen molar-refractivity contribution in [2.24, 2.45) is 11.8 Å². The molecule has 5 nitrogen and oxygen atoms in total. The molecule has 20 heavy (non-hydrogen) atoms. The van der Waals surface area contributed by atoms with E-state index in [0.717, 1.165) is 50.2 Å². The molecule has 1 N–H and O–H groups in total. The molecule has 0 amide bonds. The minimum atomic E-state index is 0.303. The lowest BCUT2D eigenvalue weighted by molar-refractivity contribution is 0.293. The second-order valence-electron chi connectivity index (χ2n) is 6.07. The molecule has 1 saturated heterocycles. The van der Waals surface area contributed by atoms with Gasteiger partial charge in [-0.05, 0) is 44.3 Å². The average Bonchev–Trinajstić information content (AvgIpc) is 3.15. The molecule has 0 spiro atoms. The van der Waals surface area contributed by atoms with Crippen LogP contribution in [0.2, 0.25) is 0 Å². The summed E-state index contributed by atoms with van der Waals surface area (Å²) in [5, 5.41) is 7.73. The summed E-state index contributed by atoms with van der Waals surface area (Å²) in [5.41, 5.74) is 0. The van der Waals surface area contributed by atoms with E-state index in [1.165, 1.54) is 19.3 Å². The van der Waals surface area contributed by atoms with Crippen molar-refractivity contribution in [1.82, 2.24) is 20.4 Å². The number of fused-ring (bicyclic) bond motifs is 1. The summed E-state index contributed by atoms with van der Waals surface area (Å²) in [6.45, 7) is 8.66. The lowest BCUT2D eigenvalue weighted by atomic mass is 9.94. The van der Waals surface area contributed by atoms with Gasteiger partial charge in [0.25, 0.3) is 0 Å². The molecule has 2 heterocycles. The van der Waals surface area contributed by atoms with Crippen molar-refractivity contribution < 1.29 is 4.52 Å². The summed E-state index contributed by atoms with van der Waals surface area (Å²) < 4.78 is 5.51. The molecule has 3 unspecified atom stereocenters. The molecule has 3 rings (SSSR count). The van der Waals surface area contributed by atoms with E-state index < -0.39 is 0 Å². The van der Waals surface area contributed by atoms with E-state index in [0.29, 0.717) is 12.0 Å². The Morgan fingerprint density at radius 3 is 2.95 bits per heavy atom. The largest absolute Gasteiger partial charge is 0.338 e. The van der Waals surface area contributed by atoms with Crippen LogP contribution in [0.4, 0.5) is 0 Å². The van der Waals surface area contributed by atoms with Gasteiger partial charge in [0.1, 0.15) is 0 Å². The predicted molar refractivity (Wildman–Crippen MR) is 77.4 cm³/mol. The Bertz CT molecular complexity index is 429. The molecule has 1 aromatic heterocycles. The van der Waals surface area contributed by atoms with Crippen LogP contribution in [0.15, 0.2) is 4.52 Å². The fourth-order valence-electron chi connectivity index (χ4n) is 3.75. The van der Waals surface area contributed by atoms with Gasteiger partial charge in [-0.1, -0.05) is 25.4 Å². The predicted octanol–water partition coefficient (Wildman–Crippen LogP) is 2.01. The van der Waals surface area contributed by atoms with Gasteiger partial charge in [0.05, 0.1) is 6.04 Å². The SMILES string of the molecule is CCN(CC)CCc1noc(C2NCC3CCCC32)n1. The van der Waals surface area contributed by atoms with Crippen LogP contribution in [0.25, 0.3) is 0 Å². The van der Waals surface area contributed by atoms with E-state index in [1.807, 2.05) is 0 Å². The van der Waals surface area contributed by atoms with Crippen molar-refractivity contribution in [1.29, 1.82) is 0 Å². The van der Waals surface area contributed by atoms with Crippen molar-refractivity contribution >= 4 is 0 Å². The fourth-order valence-corrected chi connectivity index (χ4v) is 3.75. The number of nitrogens with one attached hydrogen (secondary N) is 1. The first-order valence-electron chi connectivity index (χ1n) is 8.10. The first kappa shape index (κ1) is 14.0. The van der Waals surface area contributed by atoms with E-state index in [1.54, 1.807) is 0 Å². The van der Waals surface area contributed by atoms with Crippen molar-refractivity contribution in [3.63, 3.8) is 0 Å². The van der Waals surface area contributed by atoms with Gasteiger partial charge in [-0.3, -0.25) is 0 Å². The summed E-state index contributed by atoms with van der Waals surface area (Å²) in [7, 11) is 0. The first-order chi connectivity index (χ1) is 9.81. The van der Waals surface area contributed by atoms with Crippen molar-refractivity contribution in [2.45, 2.75) is 45.6 Å². The van der Waals surface area contributed by atoms with Crippen LogP contribution in [0.3, 0.4) is 0 Å². The maximum Gasteiger partial charge on any atom is 0.244 e. The van der Waals surface area contributed by atoms with Gasteiger partial charge in [-0.25, -0.2) is 0 Å². The lowest BCUT2D eigenvalue weighted by Crippen LogP contribution is -2.25. The number of likely N-dealkylation sites (N-methyl/N-ethyl adjacent to an activating group) is 1. The van der Waals surface area contributed by atoms with Crippen molar-refractivity contribution in [3.05, 3.63) is 11.7 Å². The molecule has 1 aromatic rings. The minimum Gasteiger partial charge on any atom is -0.338 e. The van der Waals surface area contributed by atoms with Crippen LogP contribution in [-0.2, 0) is 6.42 Å². The van der Waals surface area contributed by atoms with Gasteiger partial charge in [-0.2, -0.15) is 4.98 Å². The number of rotatable bonds is 6. The summed E-state index contributed by atoms with van der Waals surface area (Å²) >= 11 is 0. The zero-order chi connectivity index (χ0) is 13.9. The highest BCUT2D eigenvalue weighted by atomic mass is 16.5. The zero-order valence-corrected chi connectivity index (χ0v) is 12.6. The Morgan fingerprint density at radius 2 is 2.15 bits per heavy atom. The third-order valence-corrected chi connectivity index (χ3v) is 5.04. The second kappa shape index (κ2) is 6.22. The van der Waals surface area contributed by atoms with Gasteiger partial charge < -0.3 is 14.7 Å². The van der Waals surface area contributed by atoms with Crippen LogP contribution in [0.5, 0.6) is 0 Å². The highest BCUT2D eigenvalue weighted by Crippen LogP contribution is 2.43. The van der Waals surface area contributed by atoms with E-state index in [2.05, 4.69) is 34.2 Å². The number of hydrogen-bond acceptors (Lipinski definition) is 5. The monoisotopic (exact) mass is 278 g/mol. The standard InChI is InChI=1S/C15H26N4O/c1-3-19(4-2)9-8-13-17-15(20-18-13)14-12-7-5-6-11(12)10-16-14/h11-12,14,16H,3-10H2,1-2H3. The lowest BCUT2D eigenvalue weighted by Gasteiger charge is -2.16. The summed E-state index contributed by atoms with van der Waals surface area (Å²) in [5.74, 6) is 3.21. The molecular weight excluding hydrogens is 252 g/mol. The molecule has 1 saturated carbocycles. The summed E-state index contributed by atoms with van der Waals surface area (Å²) in [6.07, 6.45) is 4.90. The molecular formula is C15H26N4O. The molecule has 112 valence electrons. The van der Waals surface area contributed by atoms with Gasteiger partial charge >= 0.3 is 0 Å². The Balaban J connectivity index is 1.59. The zero-order valence-electron chi connectivity index (χ0n) is 12.6. The van der Waals surface area contributed by atoms with Gasteiger partial charge in [0.2, 0.25) is 5.89 Å². The third kappa shape index (κ3) is 2.74. The van der Waals surface area contributed by atoms with Gasteiger partial charge in [-0.15, -0.1) is 0 Å². The Labute approximate surface area is 121 Å². The molecule has 2 fully saturated rings. The molecule has 0 aromatic carbocycles. The molecule has 2 aliphatic rings. The maximum absolute atomic E-state index is 5.51. The van der Waals surface area contributed by atoms with Crippen LogP contribution in [0.1, 0.15) is 50.9 Å². The van der Waals surface area contributed by atoms with Crippen LogP contribution in [0, 0.1) is 11.8 Å². The van der Waals surface area contributed by atoms with E-state index >= 15 is 0 Å². The van der Waals surface area contributed by atoms with E-state index in [4.69, 9.17) is 4.52 Å². The highest BCUT2D eigenvalue weighted by molar-refractivity contribution is 5.03. The topological polar surface area (TPSA) is 54.2 Å². The maximum atomic E-state index is 5.51. The highest BCUT2D eigenvalue weighted by Gasteiger charge is 2.42. The number of aromatic nitrogens is 2. The Hall–Kier alpha value is -0.940. The van der Waals surface area contributed by atoms with Gasteiger partial charge in [0.15, 0.2) is 5.82 Å². The summed E-state index contributed by atoms with van der Waals surface area (Å²) in [4.78, 5) is 7.01. The van der Waals surface area contributed by atoms with Crippen molar-refractivity contribution in [3.8, 4) is 0 Å². The Morgan fingerprint density at radius 1 is 1.30 bits per heavy atom. The van der Waals surface area contributed by atoms with Crippen LogP contribution < -0.4 is 5.32 Å². The van der Waals surface area contributed by atoms with E-state index in [-0.39, 0.29) is 0 Å². The smallest absolute Gasteiger partial charge is 0.244 e. The molecule has 1 aliphatic carbocycles. The number of hydrogen-bond donors (Lipinski definition) is 1. The number of nitrogens with zero attached hydrogens (tertiary/aromatic N) is 3. The average molecular weight is 278 g/mol. The van der Waals surface area contributed by atoms with Crippen molar-refractivity contribution in [2.75, 3.05) is 26.2 Å². The molecule has 3 atom stereocenters. The molecule has 0 radical (unpaired) electrons. The van der Waals surface area contributed by atoms with Gasteiger partial charge in [0, 0.05) is 13.0 Å². The normalized spacial score (nSPS) is 29.2. The van der Waals surface area contributed by atoms with Crippen LogP contribution >= 0.6 is 0 Å². The third-order valence-electron chi connectivity index (χ3n) is 5.04. The summed E-state index contributed by atoms with van der Waals surface area (Å²) in [6, 6.07) is 0.303. The second-order valence-corrected chi connectivity index (χ2v) is 6.07. The first-order valence-corrected chi connectivity index (χ1v) is 8.10. The molecule has 1 aliphatic heterocycles. The minimum absolute atomic E-state index is 0.303. The van der Waals surface area contributed by atoms with E-state index in [9.17, 15) is 0 Å². The molecule has 0 bridgehead atoms. The quantitative estimate of drug-likeness (QED) is 0.862.